The van der Waals surface area contributed by atoms with Crippen molar-refractivity contribution >= 4 is 33.4 Å². The van der Waals surface area contributed by atoms with Gasteiger partial charge in [-0.05, 0) is 60.5 Å². The zero-order valence-electron chi connectivity index (χ0n) is 19.8. The third kappa shape index (κ3) is 6.02. The van der Waals surface area contributed by atoms with Gasteiger partial charge in [0.2, 0.25) is 5.91 Å². The van der Waals surface area contributed by atoms with Crippen LogP contribution in [-0.4, -0.2) is 52.5 Å². The molecule has 0 aromatic heterocycles. The van der Waals surface area contributed by atoms with Gasteiger partial charge in [-0.2, -0.15) is 0 Å². The quantitative estimate of drug-likeness (QED) is 0.502. The predicted molar refractivity (Wildman–Crippen MR) is 139 cm³/mol. The van der Waals surface area contributed by atoms with Gasteiger partial charge in [-0.25, -0.2) is 8.42 Å². The number of sulfonamides is 1. The van der Waals surface area contributed by atoms with Crippen LogP contribution in [0.5, 0.6) is 5.75 Å². The molecule has 4 rings (SSSR count). The first-order chi connectivity index (χ1) is 16.9. The van der Waals surface area contributed by atoms with Gasteiger partial charge in [-0.3, -0.25) is 9.52 Å². The van der Waals surface area contributed by atoms with Crippen LogP contribution >= 0.6 is 0 Å². The Morgan fingerprint density at radius 1 is 0.943 bits per heavy atom. The Labute approximate surface area is 206 Å². The maximum absolute atomic E-state index is 12.8. The predicted octanol–water partition coefficient (Wildman–Crippen LogP) is 4.17. The molecule has 182 valence electrons. The van der Waals surface area contributed by atoms with Crippen LogP contribution in [0.4, 0.5) is 11.4 Å². The number of methoxy groups -OCH3 is 1. The average Bonchev–Trinajstić information content (AvgIpc) is 2.88. The summed E-state index contributed by atoms with van der Waals surface area (Å²) < 4.78 is 33.3. The van der Waals surface area contributed by atoms with Gasteiger partial charge in [0, 0.05) is 37.9 Å². The van der Waals surface area contributed by atoms with Crippen molar-refractivity contribution in [2.45, 2.75) is 11.8 Å². The van der Waals surface area contributed by atoms with Gasteiger partial charge in [0.15, 0.2) is 0 Å². The molecule has 1 aliphatic rings. The standard InChI is InChI=1S/C27H29N3O4S/c1-21-6-5-7-23(20-21)29-16-18-30(19-17-29)27(31)15-12-22-10-13-24(14-11-22)35(32,33)28-25-8-3-4-9-26(25)34-2/h3-15,20,28H,16-19H2,1-2H3/b15-12+. The van der Waals surface area contributed by atoms with Gasteiger partial charge in [0.25, 0.3) is 10.0 Å². The number of nitrogens with one attached hydrogen (secondary N) is 1. The zero-order chi connectivity index (χ0) is 24.8. The smallest absolute Gasteiger partial charge is 0.262 e. The van der Waals surface area contributed by atoms with Crippen LogP contribution in [0.3, 0.4) is 0 Å². The number of anilines is 2. The van der Waals surface area contributed by atoms with Crippen molar-refractivity contribution in [2.75, 3.05) is 42.9 Å². The summed E-state index contributed by atoms with van der Waals surface area (Å²) in [6.07, 6.45) is 3.25. The highest BCUT2D eigenvalue weighted by Crippen LogP contribution is 2.26. The summed E-state index contributed by atoms with van der Waals surface area (Å²) >= 11 is 0. The van der Waals surface area contributed by atoms with E-state index in [1.165, 1.54) is 30.5 Å². The number of hydrogen-bond donors (Lipinski definition) is 1. The van der Waals surface area contributed by atoms with Gasteiger partial charge in [-0.1, -0.05) is 36.4 Å². The Morgan fingerprint density at radius 2 is 1.66 bits per heavy atom. The maximum atomic E-state index is 12.8. The average molecular weight is 492 g/mol. The van der Waals surface area contributed by atoms with E-state index in [0.29, 0.717) is 24.5 Å². The van der Waals surface area contributed by atoms with Gasteiger partial charge in [-0.15, -0.1) is 0 Å². The molecule has 1 heterocycles. The fourth-order valence-corrected chi connectivity index (χ4v) is 5.04. The monoisotopic (exact) mass is 491 g/mol. The molecule has 3 aromatic rings. The molecule has 0 radical (unpaired) electrons. The van der Waals surface area contributed by atoms with Crippen LogP contribution in [0.15, 0.2) is 83.8 Å². The number of rotatable bonds is 7. The molecule has 1 saturated heterocycles. The van der Waals surface area contributed by atoms with Crippen LogP contribution in [0.25, 0.3) is 6.08 Å². The summed E-state index contributed by atoms with van der Waals surface area (Å²) in [4.78, 5) is 16.9. The minimum Gasteiger partial charge on any atom is -0.495 e. The Bertz CT molecular complexity index is 1310. The number of amides is 1. The van der Waals surface area contributed by atoms with Crippen LogP contribution in [0.1, 0.15) is 11.1 Å². The SMILES string of the molecule is COc1ccccc1NS(=O)(=O)c1ccc(/C=C/C(=O)N2CCN(c3cccc(C)c3)CC2)cc1. The number of carbonyl (C=O) groups is 1. The third-order valence-corrected chi connectivity index (χ3v) is 7.30. The van der Waals surface area contributed by atoms with E-state index in [-0.39, 0.29) is 10.8 Å². The molecular weight excluding hydrogens is 462 g/mol. The number of ether oxygens (including phenoxy) is 1. The lowest BCUT2D eigenvalue weighted by Crippen LogP contribution is -2.48. The molecule has 1 amide bonds. The first-order valence-corrected chi connectivity index (χ1v) is 12.9. The molecule has 1 fully saturated rings. The van der Waals surface area contributed by atoms with Crippen molar-refractivity contribution in [1.82, 2.24) is 4.90 Å². The molecule has 0 spiro atoms. The molecular formula is C27H29N3O4S. The van der Waals surface area contributed by atoms with Gasteiger partial charge >= 0.3 is 0 Å². The zero-order valence-corrected chi connectivity index (χ0v) is 20.7. The van der Waals surface area contributed by atoms with Gasteiger partial charge < -0.3 is 14.5 Å². The van der Waals surface area contributed by atoms with E-state index in [0.717, 1.165) is 18.7 Å². The van der Waals surface area contributed by atoms with Crippen molar-refractivity contribution in [3.05, 3.63) is 90.0 Å². The number of benzene rings is 3. The lowest BCUT2D eigenvalue weighted by Gasteiger charge is -2.35. The fraction of sp³-hybridized carbons (Fsp3) is 0.222. The van der Waals surface area contributed by atoms with Crippen molar-refractivity contribution in [1.29, 1.82) is 0 Å². The highest BCUT2D eigenvalue weighted by Gasteiger charge is 2.20. The van der Waals surface area contributed by atoms with Gasteiger partial charge in [0.1, 0.15) is 5.75 Å². The van der Waals surface area contributed by atoms with E-state index in [1.54, 1.807) is 48.6 Å². The van der Waals surface area contributed by atoms with E-state index in [2.05, 4.69) is 40.8 Å². The molecule has 0 atom stereocenters. The van der Waals surface area contributed by atoms with E-state index in [1.807, 2.05) is 4.90 Å². The van der Waals surface area contributed by atoms with E-state index >= 15 is 0 Å². The van der Waals surface area contributed by atoms with E-state index < -0.39 is 10.0 Å². The molecule has 0 unspecified atom stereocenters. The number of aryl methyl sites for hydroxylation is 1. The summed E-state index contributed by atoms with van der Waals surface area (Å²) in [5.74, 6) is 0.386. The molecule has 35 heavy (non-hydrogen) atoms. The van der Waals surface area contributed by atoms with Crippen molar-refractivity contribution < 1.29 is 17.9 Å². The first-order valence-electron chi connectivity index (χ1n) is 11.4. The summed E-state index contributed by atoms with van der Waals surface area (Å²) in [5, 5.41) is 0. The summed E-state index contributed by atoms with van der Waals surface area (Å²) in [6.45, 7) is 4.96. The Hall–Kier alpha value is -3.78. The first kappa shape index (κ1) is 24.3. The summed E-state index contributed by atoms with van der Waals surface area (Å²) in [5.41, 5.74) is 3.52. The normalized spacial score (nSPS) is 14.2. The number of nitrogens with zero attached hydrogens (tertiary/aromatic N) is 2. The second-order valence-corrected chi connectivity index (χ2v) is 10.0. The van der Waals surface area contributed by atoms with Crippen molar-refractivity contribution in [2.24, 2.45) is 0 Å². The van der Waals surface area contributed by atoms with E-state index in [4.69, 9.17) is 4.74 Å². The number of para-hydroxylation sites is 2. The molecule has 1 aliphatic heterocycles. The van der Waals surface area contributed by atoms with E-state index in [9.17, 15) is 13.2 Å². The topological polar surface area (TPSA) is 78.9 Å². The Balaban J connectivity index is 1.35. The number of piperazine rings is 1. The minimum absolute atomic E-state index is 0.0524. The molecule has 0 aliphatic carbocycles. The minimum atomic E-state index is -3.78. The summed E-state index contributed by atoms with van der Waals surface area (Å²) in [7, 11) is -2.29. The van der Waals surface area contributed by atoms with Gasteiger partial charge in [0.05, 0.1) is 17.7 Å². The van der Waals surface area contributed by atoms with Crippen LogP contribution in [0.2, 0.25) is 0 Å². The molecule has 1 N–H and O–H groups in total. The molecule has 7 nitrogen and oxygen atoms in total. The van der Waals surface area contributed by atoms with Crippen LogP contribution < -0.4 is 14.4 Å². The fourth-order valence-electron chi connectivity index (χ4n) is 3.97. The number of hydrogen-bond acceptors (Lipinski definition) is 5. The summed E-state index contributed by atoms with van der Waals surface area (Å²) in [6, 6.07) is 21.6. The highest BCUT2D eigenvalue weighted by atomic mass is 32.2. The second kappa shape index (κ2) is 10.7. The van der Waals surface area contributed by atoms with Crippen molar-refractivity contribution in [3.63, 3.8) is 0 Å². The Kier molecular flexibility index (Phi) is 7.41. The lowest BCUT2D eigenvalue weighted by atomic mass is 10.2. The lowest BCUT2D eigenvalue weighted by molar-refractivity contribution is -0.126. The second-order valence-electron chi connectivity index (χ2n) is 8.36. The van der Waals surface area contributed by atoms with Crippen LogP contribution in [-0.2, 0) is 14.8 Å². The highest BCUT2D eigenvalue weighted by molar-refractivity contribution is 7.92. The van der Waals surface area contributed by atoms with Crippen molar-refractivity contribution in [3.8, 4) is 5.75 Å². The maximum Gasteiger partial charge on any atom is 0.262 e. The largest absolute Gasteiger partial charge is 0.495 e. The number of carbonyl (C=O) groups excluding carboxylic acids is 1. The third-order valence-electron chi connectivity index (χ3n) is 5.92. The Morgan fingerprint density at radius 3 is 2.34 bits per heavy atom. The molecule has 0 bridgehead atoms. The molecule has 3 aromatic carbocycles. The molecule has 0 saturated carbocycles. The van der Waals surface area contributed by atoms with Crippen LogP contribution in [0, 0.1) is 6.92 Å². The molecule has 8 heteroatoms.